The second-order valence-electron chi connectivity index (χ2n) is 6.82. The van der Waals surface area contributed by atoms with Crippen molar-refractivity contribution in [2.75, 3.05) is 13.1 Å². The lowest BCUT2D eigenvalue weighted by Gasteiger charge is -2.28. The Kier molecular flexibility index (Phi) is 4.19. The van der Waals surface area contributed by atoms with Gasteiger partial charge in [0.25, 0.3) is 0 Å². The molecule has 4 atom stereocenters. The van der Waals surface area contributed by atoms with Crippen molar-refractivity contribution in [3.63, 3.8) is 0 Å². The fraction of sp³-hybridized carbons (Fsp3) is 0.800. The topological polar surface area (TPSA) is 64.3 Å². The van der Waals surface area contributed by atoms with Gasteiger partial charge in [-0.1, -0.05) is 12.2 Å². The number of hydrogen-bond donors (Lipinski definition) is 2. The summed E-state index contributed by atoms with van der Waals surface area (Å²) in [6, 6.07) is 0. The summed E-state index contributed by atoms with van der Waals surface area (Å²) in [5, 5.41) is 2.86. The van der Waals surface area contributed by atoms with Crippen molar-refractivity contribution < 1.29 is 9.53 Å². The molecule has 0 heterocycles. The van der Waals surface area contributed by atoms with E-state index < -0.39 is 5.60 Å². The van der Waals surface area contributed by atoms with E-state index in [9.17, 15) is 4.79 Å². The Bertz CT molecular complexity index is 360. The molecule has 0 radical (unpaired) electrons. The lowest BCUT2D eigenvalue weighted by Crippen LogP contribution is -2.40. The monoisotopic (exact) mass is 266 g/mol. The van der Waals surface area contributed by atoms with Crippen LogP contribution in [0.25, 0.3) is 0 Å². The van der Waals surface area contributed by atoms with E-state index in [0.29, 0.717) is 30.8 Å². The number of ether oxygens (including phenoxy) is 1. The molecule has 2 aliphatic carbocycles. The Labute approximate surface area is 115 Å². The van der Waals surface area contributed by atoms with Gasteiger partial charge in [0.2, 0.25) is 0 Å². The number of nitrogens with one attached hydrogen (secondary N) is 1. The molecule has 2 aliphatic rings. The standard InChI is InChI=1S/C15H26N2O2/c1-15(2,3)19-14(18)17-9-12(8-16)13-7-10-4-5-11(13)6-10/h4-5,10-13H,6-9,16H2,1-3H3,(H,17,18). The first-order valence-corrected chi connectivity index (χ1v) is 7.24. The van der Waals surface area contributed by atoms with Gasteiger partial charge >= 0.3 is 6.09 Å². The van der Waals surface area contributed by atoms with Gasteiger partial charge < -0.3 is 15.8 Å². The van der Waals surface area contributed by atoms with E-state index in [1.54, 1.807) is 0 Å². The van der Waals surface area contributed by atoms with Crippen LogP contribution < -0.4 is 11.1 Å². The molecule has 4 nitrogen and oxygen atoms in total. The van der Waals surface area contributed by atoms with Crippen LogP contribution in [0, 0.1) is 23.7 Å². The summed E-state index contributed by atoms with van der Waals surface area (Å²) >= 11 is 0. The van der Waals surface area contributed by atoms with Crippen LogP contribution in [-0.2, 0) is 4.74 Å². The number of carbonyl (C=O) groups is 1. The molecule has 1 amide bonds. The van der Waals surface area contributed by atoms with Gasteiger partial charge in [-0.2, -0.15) is 0 Å². The highest BCUT2D eigenvalue weighted by Gasteiger charge is 2.39. The number of allylic oxidation sites excluding steroid dienone is 2. The van der Waals surface area contributed by atoms with Gasteiger partial charge in [0.15, 0.2) is 0 Å². The summed E-state index contributed by atoms with van der Waals surface area (Å²) < 4.78 is 5.25. The highest BCUT2D eigenvalue weighted by molar-refractivity contribution is 5.67. The number of rotatable bonds is 4. The second kappa shape index (κ2) is 5.53. The predicted molar refractivity (Wildman–Crippen MR) is 75.6 cm³/mol. The number of nitrogens with two attached hydrogens (primary N) is 1. The van der Waals surface area contributed by atoms with E-state index in [-0.39, 0.29) is 6.09 Å². The normalized spacial score (nSPS) is 30.4. The van der Waals surface area contributed by atoms with Gasteiger partial charge in [0, 0.05) is 6.54 Å². The quantitative estimate of drug-likeness (QED) is 0.767. The summed E-state index contributed by atoms with van der Waals surface area (Å²) in [6.45, 7) is 6.85. The van der Waals surface area contributed by atoms with E-state index in [1.807, 2.05) is 20.8 Å². The largest absolute Gasteiger partial charge is 0.444 e. The molecule has 3 N–H and O–H groups in total. The summed E-state index contributed by atoms with van der Waals surface area (Å²) in [5.74, 6) is 2.38. The molecular weight excluding hydrogens is 240 g/mol. The molecule has 0 aromatic rings. The van der Waals surface area contributed by atoms with Crippen LogP contribution in [0.2, 0.25) is 0 Å². The molecule has 1 fully saturated rings. The van der Waals surface area contributed by atoms with Crippen LogP contribution >= 0.6 is 0 Å². The van der Waals surface area contributed by atoms with Crippen molar-refractivity contribution in [1.82, 2.24) is 5.32 Å². The zero-order chi connectivity index (χ0) is 14.0. The van der Waals surface area contributed by atoms with Crippen LogP contribution in [0.3, 0.4) is 0 Å². The first-order valence-electron chi connectivity index (χ1n) is 7.24. The van der Waals surface area contributed by atoms with E-state index in [2.05, 4.69) is 17.5 Å². The van der Waals surface area contributed by atoms with Gasteiger partial charge in [0.05, 0.1) is 0 Å². The summed E-state index contributed by atoms with van der Waals surface area (Å²) in [5.41, 5.74) is 5.43. The van der Waals surface area contributed by atoms with Crippen LogP contribution in [0.4, 0.5) is 4.79 Å². The van der Waals surface area contributed by atoms with Crippen molar-refractivity contribution in [2.45, 2.75) is 39.2 Å². The third kappa shape index (κ3) is 3.72. The summed E-state index contributed by atoms with van der Waals surface area (Å²) in [6.07, 6.45) is 6.81. The minimum Gasteiger partial charge on any atom is -0.444 e. The van der Waals surface area contributed by atoms with Crippen molar-refractivity contribution in [2.24, 2.45) is 29.4 Å². The maximum Gasteiger partial charge on any atom is 0.407 e. The van der Waals surface area contributed by atoms with Gasteiger partial charge in [0.1, 0.15) is 5.60 Å². The first-order chi connectivity index (χ1) is 8.89. The van der Waals surface area contributed by atoms with Gasteiger partial charge in [-0.15, -0.1) is 0 Å². The maximum atomic E-state index is 11.7. The molecule has 0 aromatic carbocycles. The molecule has 4 unspecified atom stereocenters. The van der Waals surface area contributed by atoms with Crippen LogP contribution in [-0.4, -0.2) is 24.8 Å². The first kappa shape index (κ1) is 14.4. The average Bonchev–Trinajstić information content (AvgIpc) is 2.89. The lowest BCUT2D eigenvalue weighted by molar-refractivity contribution is 0.0512. The smallest absolute Gasteiger partial charge is 0.407 e. The Balaban J connectivity index is 1.80. The third-order valence-electron chi connectivity index (χ3n) is 4.15. The molecule has 1 saturated carbocycles. The average molecular weight is 266 g/mol. The fourth-order valence-corrected chi connectivity index (χ4v) is 3.30. The van der Waals surface area contributed by atoms with Gasteiger partial charge in [-0.25, -0.2) is 4.79 Å². The third-order valence-corrected chi connectivity index (χ3v) is 4.15. The number of hydrogen-bond acceptors (Lipinski definition) is 3. The Morgan fingerprint density at radius 3 is 2.63 bits per heavy atom. The zero-order valence-corrected chi connectivity index (χ0v) is 12.2. The van der Waals surface area contributed by atoms with E-state index >= 15 is 0 Å². The van der Waals surface area contributed by atoms with E-state index in [1.165, 1.54) is 12.8 Å². The minimum atomic E-state index is -0.447. The molecule has 108 valence electrons. The molecule has 0 aromatic heterocycles. The zero-order valence-electron chi connectivity index (χ0n) is 12.2. The highest BCUT2D eigenvalue weighted by Crippen LogP contribution is 2.46. The Hall–Kier alpha value is -1.03. The van der Waals surface area contributed by atoms with Crippen molar-refractivity contribution in [3.8, 4) is 0 Å². The highest BCUT2D eigenvalue weighted by atomic mass is 16.6. The second-order valence-corrected chi connectivity index (χ2v) is 6.82. The van der Waals surface area contributed by atoms with Crippen LogP contribution in [0.5, 0.6) is 0 Å². The van der Waals surface area contributed by atoms with Crippen molar-refractivity contribution >= 4 is 6.09 Å². The molecule has 0 aliphatic heterocycles. The number of carbonyl (C=O) groups excluding carboxylic acids is 1. The van der Waals surface area contributed by atoms with Gasteiger partial charge in [-0.3, -0.25) is 0 Å². The number of alkyl carbamates (subject to hydrolysis) is 1. The Morgan fingerprint density at radius 1 is 1.42 bits per heavy atom. The molecule has 0 spiro atoms. The molecular formula is C15H26N2O2. The predicted octanol–water partition coefficient (Wildman–Crippen LogP) is 2.30. The summed E-state index contributed by atoms with van der Waals surface area (Å²) in [7, 11) is 0. The number of amides is 1. The Morgan fingerprint density at radius 2 is 2.16 bits per heavy atom. The maximum absolute atomic E-state index is 11.7. The van der Waals surface area contributed by atoms with Crippen molar-refractivity contribution in [3.05, 3.63) is 12.2 Å². The minimum absolute atomic E-state index is 0.343. The fourth-order valence-electron chi connectivity index (χ4n) is 3.30. The molecule has 19 heavy (non-hydrogen) atoms. The molecule has 4 heteroatoms. The lowest BCUT2D eigenvalue weighted by atomic mass is 9.82. The van der Waals surface area contributed by atoms with Crippen LogP contribution in [0.1, 0.15) is 33.6 Å². The van der Waals surface area contributed by atoms with Gasteiger partial charge in [-0.05, 0) is 63.8 Å². The van der Waals surface area contributed by atoms with E-state index in [4.69, 9.17) is 10.5 Å². The molecule has 0 saturated heterocycles. The summed E-state index contributed by atoms with van der Waals surface area (Å²) in [4.78, 5) is 11.7. The van der Waals surface area contributed by atoms with Crippen molar-refractivity contribution in [1.29, 1.82) is 0 Å². The molecule has 2 rings (SSSR count). The van der Waals surface area contributed by atoms with E-state index in [0.717, 1.165) is 5.92 Å². The number of fused-ring (bicyclic) bond motifs is 2. The molecule has 2 bridgehead atoms. The SMILES string of the molecule is CC(C)(C)OC(=O)NCC(CN)C1CC2C=CC1C2. The van der Waals surface area contributed by atoms with Crippen LogP contribution in [0.15, 0.2) is 12.2 Å².